The van der Waals surface area contributed by atoms with Gasteiger partial charge in [-0.15, -0.1) is 0 Å². The third-order valence-corrected chi connectivity index (χ3v) is 3.77. The van der Waals surface area contributed by atoms with Gasteiger partial charge in [-0.3, -0.25) is 0 Å². The lowest BCUT2D eigenvalue weighted by molar-refractivity contribution is -0.0456. The lowest BCUT2D eigenvalue weighted by Gasteiger charge is -2.30. The van der Waals surface area contributed by atoms with Gasteiger partial charge in [0.05, 0.1) is 5.60 Å². The van der Waals surface area contributed by atoms with Crippen molar-refractivity contribution in [2.24, 2.45) is 5.73 Å². The molecule has 0 heterocycles. The summed E-state index contributed by atoms with van der Waals surface area (Å²) in [5.74, 6) is 0. The van der Waals surface area contributed by atoms with Crippen molar-refractivity contribution in [1.29, 1.82) is 0 Å². The van der Waals surface area contributed by atoms with Crippen molar-refractivity contribution in [3.8, 4) is 0 Å². The Morgan fingerprint density at radius 2 is 1.72 bits per heavy atom. The van der Waals surface area contributed by atoms with E-state index in [0.29, 0.717) is 6.54 Å². The van der Waals surface area contributed by atoms with Gasteiger partial charge in [0, 0.05) is 13.2 Å². The second-order valence-corrected chi connectivity index (χ2v) is 4.89. The topological polar surface area (TPSA) is 35.2 Å². The van der Waals surface area contributed by atoms with Gasteiger partial charge in [0.15, 0.2) is 0 Å². The van der Waals surface area contributed by atoms with Crippen LogP contribution in [0.2, 0.25) is 0 Å². The van der Waals surface area contributed by atoms with E-state index in [-0.39, 0.29) is 5.60 Å². The molecule has 0 aliphatic rings. The Morgan fingerprint density at radius 1 is 1.06 bits per heavy atom. The van der Waals surface area contributed by atoms with Gasteiger partial charge in [-0.1, -0.05) is 44.2 Å². The van der Waals surface area contributed by atoms with Crippen LogP contribution < -0.4 is 5.73 Å². The summed E-state index contributed by atoms with van der Waals surface area (Å²) in [4.78, 5) is 0. The Bertz CT molecular complexity index is 298. The minimum Gasteiger partial charge on any atom is -0.374 e. The van der Waals surface area contributed by atoms with Crippen LogP contribution in [0.3, 0.4) is 0 Å². The van der Waals surface area contributed by atoms with E-state index in [1.165, 1.54) is 12.0 Å². The molecule has 0 atom stereocenters. The van der Waals surface area contributed by atoms with Crippen molar-refractivity contribution >= 4 is 0 Å². The van der Waals surface area contributed by atoms with Gasteiger partial charge in [0.25, 0.3) is 0 Å². The fraction of sp³-hybridized carbons (Fsp3) is 0.625. The second-order valence-electron chi connectivity index (χ2n) is 4.89. The monoisotopic (exact) mass is 249 g/mol. The van der Waals surface area contributed by atoms with E-state index in [9.17, 15) is 0 Å². The molecule has 0 aromatic heterocycles. The van der Waals surface area contributed by atoms with Crippen LogP contribution in [0, 0.1) is 0 Å². The number of benzene rings is 1. The predicted molar refractivity (Wildman–Crippen MR) is 77.7 cm³/mol. The molecule has 0 saturated carbocycles. The van der Waals surface area contributed by atoms with Crippen LogP contribution in [-0.4, -0.2) is 18.8 Å². The van der Waals surface area contributed by atoms with E-state index in [4.69, 9.17) is 10.5 Å². The van der Waals surface area contributed by atoms with Crippen molar-refractivity contribution in [3.63, 3.8) is 0 Å². The third-order valence-electron chi connectivity index (χ3n) is 3.77. The van der Waals surface area contributed by atoms with Crippen molar-refractivity contribution in [3.05, 3.63) is 35.9 Å². The molecule has 0 saturated heterocycles. The molecule has 1 aromatic carbocycles. The standard InChI is InChI=1S/C16H27NO/c1-3-16(4-2,14-17)18-13-9-8-12-15-10-6-5-7-11-15/h5-7,10-11H,3-4,8-9,12-14,17H2,1-2H3. The third kappa shape index (κ3) is 4.79. The first-order chi connectivity index (χ1) is 8.76. The number of rotatable bonds is 9. The van der Waals surface area contributed by atoms with Crippen LogP contribution in [0.4, 0.5) is 0 Å². The van der Waals surface area contributed by atoms with Gasteiger partial charge < -0.3 is 10.5 Å². The van der Waals surface area contributed by atoms with Crippen molar-refractivity contribution in [2.45, 2.75) is 51.6 Å². The molecule has 102 valence electrons. The number of unbranched alkanes of at least 4 members (excludes halogenated alkanes) is 1. The van der Waals surface area contributed by atoms with Gasteiger partial charge >= 0.3 is 0 Å². The Balaban J connectivity index is 2.18. The first-order valence-corrected chi connectivity index (χ1v) is 7.14. The highest BCUT2D eigenvalue weighted by Crippen LogP contribution is 2.19. The quantitative estimate of drug-likeness (QED) is 0.679. The summed E-state index contributed by atoms with van der Waals surface area (Å²) in [5.41, 5.74) is 7.13. The van der Waals surface area contributed by atoms with Crippen LogP contribution in [0.5, 0.6) is 0 Å². The van der Waals surface area contributed by atoms with E-state index in [2.05, 4.69) is 44.2 Å². The SMILES string of the molecule is CCC(CC)(CN)OCCCCc1ccccc1. The number of hydrogen-bond donors (Lipinski definition) is 1. The molecule has 1 aromatic rings. The Kier molecular flexibility index (Phi) is 6.99. The van der Waals surface area contributed by atoms with Gasteiger partial charge in [0.2, 0.25) is 0 Å². The molecule has 1 rings (SSSR count). The number of aryl methyl sites for hydroxylation is 1. The average Bonchev–Trinajstić information content (AvgIpc) is 2.45. The van der Waals surface area contributed by atoms with E-state index >= 15 is 0 Å². The normalized spacial score (nSPS) is 11.7. The second kappa shape index (κ2) is 8.28. The molecule has 0 aliphatic heterocycles. The van der Waals surface area contributed by atoms with Crippen LogP contribution in [-0.2, 0) is 11.2 Å². The van der Waals surface area contributed by atoms with Crippen molar-refractivity contribution in [1.82, 2.24) is 0 Å². The maximum atomic E-state index is 5.99. The highest BCUT2D eigenvalue weighted by Gasteiger charge is 2.24. The Morgan fingerprint density at radius 3 is 2.28 bits per heavy atom. The number of ether oxygens (including phenoxy) is 1. The molecule has 0 unspecified atom stereocenters. The molecule has 0 bridgehead atoms. The zero-order valence-corrected chi connectivity index (χ0v) is 11.8. The van der Waals surface area contributed by atoms with Gasteiger partial charge in [-0.25, -0.2) is 0 Å². The molecule has 0 radical (unpaired) electrons. The number of nitrogens with two attached hydrogens (primary N) is 1. The summed E-state index contributed by atoms with van der Waals surface area (Å²) < 4.78 is 5.99. The molecule has 2 N–H and O–H groups in total. The molecular formula is C16H27NO. The van der Waals surface area contributed by atoms with E-state index in [1.54, 1.807) is 0 Å². The number of hydrogen-bond acceptors (Lipinski definition) is 2. The first-order valence-electron chi connectivity index (χ1n) is 7.14. The van der Waals surface area contributed by atoms with Gasteiger partial charge in [0.1, 0.15) is 0 Å². The summed E-state index contributed by atoms with van der Waals surface area (Å²) >= 11 is 0. The maximum absolute atomic E-state index is 5.99. The smallest absolute Gasteiger partial charge is 0.0798 e. The Hall–Kier alpha value is -0.860. The van der Waals surface area contributed by atoms with Gasteiger partial charge in [-0.05, 0) is 37.7 Å². The molecule has 18 heavy (non-hydrogen) atoms. The van der Waals surface area contributed by atoms with Crippen LogP contribution in [0.15, 0.2) is 30.3 Å². The van der Waals surface area contributed by atoms with E-state index in [1.807, 2.05) is 0 Å². The summed E-state index contributed by atoms with van der Waals surface area (Å²) in [6, 6.07) is 10.6. The molecule has 2 nitrogen and oxygen atoms in total. The largest absolute Gasteiger partial charge is 0.374 e. The molecule has 0 fully saturated rings. The Labute approximate surface area is 112 Å². The predicted octanol–water partition coefficient (Wildman–Crippen LogP) is 3.54. The molecule has 0 aliphatic carbocycles. The molecule has 0 amide bonds. The van der Waals surface area contributed by atoms with E-state index in [0.717, 1.165) is 32.3 Å². The van der Waals surface area contributed by atoms with Crippen molar-refractivity contribution < 1.29 is 4.74 Å². The summed E-state index contributed by atoms with van der Waals surface area (Å²) in [6.07, 6.45) is 5.42. The molecule has 0 spiro atoms. The van der Waals surface area contributed by atoms with Crippen LogP contribution >= 0.6 is 0 Å². The fourth-order valence-corrected chi connectivity index (χ4v) is 2.17. The first kappa shape index (κ1) is 15.2. The highest BCUT2D eigenvalue weighted by molar-refractivity contribution is 5.14. The lowest BCUT2D eigenvalue weighted by atomic mass is 9.97. The zero-order valence-electron chi connectivity index (χ0n) is 11.8. The van der Waals surface area contributed by atoms with Crippen molar-refractivity contribution in [2.75, 3.05) is 13.2 Å². The lowest BCUT2D eigenvalue weighted by Crippen LogP contribution is -2.39. The molecular weight excluding hydrogens is 222 g/mol. The minimum atomic E-state index is -0.0905. The fourth-order valence-electron chi connectivity index (χ4n) is 2.17. The van der Waals surface area contributed by atoms with Crippen LogP contribution in [0.25, 0.3) is 0 Å². The molecule has 2 heteroatoms. The minimum absolute atomic E-state index is 0.0905. The average molecular weight is 249 g/mol. The zero-order chi connectivity index (χ0) is 13.3. The van der Waals surface area contributed by atoms with Crippen LogP contribution in [0.1, 0.15) is 45.1 Å². The summed E-state index contributed by atoms with van der Waals surface area (Å²) in [6.45, 7) is 5.76. The summed E-state index contributed by atoms with van der Waals surface area (Å²) in [5, 5.41) is 0. The summed E-state index contributed by atoms with van der Waals surface area (Å²) in [7, 11) is 0. The van der Waals surface area contributed by atoms with Gasteiger partial charge in [-0.2, -0.15) is 0 Å². The highest BCUT2D eigenvalue weighted by atomic mass is 16.5. The van der Waals surface area contributed by atoms with E-state index < -0.39 is 0 Å². The maximum Gasteiger partial charge on any atom is 0.0798 e.